The molecule has 122 valence electrons. The highest BCUT2D eigenvalue weighted by Gasteiger charge is 2.11. The number of nitrogens with zero attached hydrogens (tertiary/aromatic N) is 1. The molecule has 0 heterocycles. The van der Waals surface area contributed by atoms with Crippen LogP contribution in [0, 0.1) is 25.2 Å². The van der Waals surface area contributed by atoms with Gasteiger partial charge >= 0.3 is 0 Å². The first-order valence-corrected chi connectivity index (χ1v) is 7.32. The minimum Gasteiger partial charge on any atom is -0.504 e. The van der Waals surface area contributed by atoms with Gasteiger partial charge in [-0.05, 0) is 49.2 Å². The zero-order valence-electron chi connectivity index (χ0n) is 13.8. The highest BCUT2D eigenvalue weighted by Crippen LogP contribution is 2.27. The molecule has 1 amide bonds. The van der Waals surface area contributed by atoms with Gasteiger partial charge in [-0.2, -0.15) is 5.26 Å². The smallest absolute Gasteiger partial charge is 0.266 e. The number of rotatable bonds is 4. The highest BCUT2D eigenvalue weighted by molar-refractivity contribution is 6.10. The van der Waals surface area contributed by atoms with Crippen LogP contribution in [0.25, 0.3) is 6.08 Å². The van der Waals surface area contributed by atoms with E-state index in [1.54, 1.807) is 18.2 Å². The van der Waals surface area contributed by atoms with Gasteiger partial charge in [0.05, 0.1) is 7.11 Å². The summed E-state index contributed by atoms with van der Waals surface area (Å²) in [6, 6.07) is 12.1. The summed E-state index contributed by atoms with van der Waals surface area (Å²) < 4.78 is 5.02. The third-order valence-corrected chi connectivity index (χ3v) is 3.51. The van der Waals surface area contributed by atoms with Crippen LogP contribution in [0.4, 0.5) is 5.69 Å². The van der Waals surface area contributed by atoms with E-state index in [4.69, 9.17) is 4.74 Å². The number of benzene rings is 2. The number of nitrogens with one attached hydrogen (secondary N) is 1. The molecule has 2 N–H and O–H groups in total. The topological polar surface area (TPSA) is 82.3 Å². The summed E-state index contributed by atoms with van der Waals surface area (Å²) >= 11 is 0. The van der Waals surface area contributed by atoms with Crippen molar-refractivity contribution >= 4 is 17.7 Å². The van der Waals surface area contributed by atoms with Crippen molar-refractivity contribution in [3.05, 3.63) is 58.7 Å². The average Bonchev–Trinajstić information content (AvgIpc) is 2.56. The number of hydrogen-bond acceptors (Lipinski definition) is 4. The van der Waals surface area contributed by atoms with Gasteiger partial charge in [0.1, 0.15) is 11.6 Å². The van der Waals surface area contributed by atoms with Gasteiger partial charge in [-0.1, -0.05) is 23.8 Å². The van der Waals surface area contributed by atoms with E-state index in [-0.39, 0.29) is 17.1 Å². The molecule has 0 fully saturated rings. The second-order valence-electron chi connectivity index (χ2n) is 5.37. The van der Waals surface area contributed by atoms with Gasteiger partial charge in [0, 0.05) is 5.69 Å². The Labute approximate surface area is 140 Å². The zero-order valence-corrected chi connectivity index (χ0v) is 13.8. The first-order chi connectivity index (χ1) is 11.4. The largest absolute Gasteiger partial charge is 0.504 e. The van der Waals surface area contributed by atoms with Crippen LogP contribution < -0.4 is 10.1 Å². The maximum Gasteiger partial charge on any atom is 0.266 e. The molecule has 2 aromatic carbocycles. The normalized spacial score (nSPS) is 10.8. The van der Waals surface area contributed by atoms with E-state index in [1.807, 2.05) is 32.0 Å². The second kappa shape index (κ2) is 7.34. The number of carbonyl (C=O) groups excluding carboxylic acids is 1. The van der Waals surface area contributed by atoms with E-state index >= 15 is 0 Å². The maximum absolute atomic E-state index is 12.3. The van der Waals surface area contributed by atoms with Crippen molar-refractivity contribution in [2.75, 3.05) is 12.4 Å². The minimum absolute atomic E-state index is 0.00658. The Balaban J connectivity index is 2.27. The van der Waals surface area contributed by atoms with Gasteiger partial charge in [0.2, 0.25) is 0 Å². The number of aryl methyl sites for hydroxylation is 2. The van der Waals surface area contributed by atoms with Gasteiger partial charge in [0.25, 0.3) is 5.91 Å². The molecule has 0 radical (unpaired) electrons. The summed E-state index contributed by atoms with van der Waals surface area (Å²) in [5.41, 5.74) is 3.22. The van der Waals surface area contributed by atoms with Gasteiger partial charge in [-0.25, -0.2) is 0 Å². The lowest BCUT2D eigenvalue weighted by Gasteiger charge is -2.09. The number of aromatic hydroxyl groups is 1. The number of ether oxygens (including phenoxy) is 1. The van der Waals surface area contributed by atoms with Crippen LogP contribution in [0.2, 0.25) is 0 Å². The molecule has 0 saturated carbocycles. The lowest BCUT2D eigenvalue weighted by atomic mass is 10.1. The third kappa shape index (κ3) is 3.93. The molecule has 24 heavy (non-hydrogen) atoms. The van der Waals surface area contributed by atoms with Crippen LogP contribution in [0.15, 0.2) is 42.0 Å². The lowest BCUT2D eigenvalue weighted by molar-refractivity contribution is -0.112. The zero-order chi connectivity index (χ0) is 17.7. The van der Waals surface area contributed by atoms with Crippen LogP contribution in [-0.4, -0.2) is 18.1 Å². The van der Waals surface area contributed by atoms with E-state index in [0.717, 1.165) is 11.1 Å². The standard InChI is InChI=1S/C19H18N2O3/c1-12-4-6-16(13(2)8-12)21-19(23)15(11-20)9-14-5-7-17(22)18(10-14)24-3/h4-10,22H,1-3H3,(H,21,23)/b15-9-. The van der Waals surface area contributed by atoms with Crippen molar-refractivity contribution in [1.82, 2.24) is 0 Å². The van der Waals surface area contributed by atoms with Gasteiger partial charge in [0.15, 0.2) is 11.5 Å². The monoisotopic (exact) mass is 322 g/mol. The van der Waals surface area contributed by atoms with Crippen LogP contribution in [-0.2, 0) is 4.79 Å². The van der Waals surface area contributed by atoms with E-state index in [2.05, 4.69) is 5.32 Å². The number of methoxy groups -OCH3 is 1. The predicted molar refractivity (Wildman–Crippen MR) is 92.8 cm³/mol. The summed E-state index contributed by atoms with van der Waals surface area (Å²) in [6.07, 6.45) is 1.45. The van der Waals surface area contributed by atoms with E-state index in [0.29, 0.717) is 11.3 Å². The van der Waals surface area contributed by atoms with Crippen LogP contribution >= 0.6 is 0 Å². The number of carbonyl (C=O) groups is 1. The number of nitriles is 1. The van der Waals surface area contributed by atoms with E-state index < -0.39 is 5.91 Å². The molecular weight excluding hydrogens is 304 g/mol. The number of phenols is 1. The van der Waals surface area contributed by atoms with Crippen molar-refractivity contribution in [3.8, 4) is 17.6 Å². The third-order valence-electron chi connectivity index (χ3n) is 3.51. The number of phenolic OH excluding ortho intramolecular Hbond substituents is 1. The number of amides is 1. The summed E-state index contributed by atoms with van der Waals surface area (Å²) in [6.45, 7) is 3.86. The Hall–Kier alpha value is -3.26. The van der Waals surface area contributed by atoms with Crippen molar-refractivity contribution in [3.63, 3.8) is 0 Å². The molecule has 5 heteroatoms. The molecule has 0 bridgehead atoms. The Morgan fingerprint density at radius 1 is 1.25 bits per heavy atom. The van der Waals surface area contributed by atoms with Crippen LogP contribution in [0.1, 0.15) is 16.7 Å². The van der Waals surface area contributed by atoms with Crippen LogP contribution in [0.3, 0.4) is 0 Å². The fourth-order valence-electron chi connectivity index (χ4n) is 2.24. The summed E-state index contributed by atoms with van der Waals surface area (Å²) in [5.74, 6) is -0.222. The lowest BCUT2D eigenvalue weighted by Crippen LogP contribution is -2.14. The Morgan fingerprint density at radius 2 is 2.00 bits per heavy atom. The van der Waals surface area contributed by atoms with Crippen molar-refractivity contribution in [1.29, 1.82) is 5.26 Å². The molecular formula is C19H18N2O3. The predicted octanol–water partition coefficient (Wildman–Crippen LogP) is 3.56. The number of anilines is 1. The number of hydrogen-bond donors (Lipinski definition) is 2. The average molecular weight is 322 g/mol. The fourth-order valence-corrected chi connectivity index (χ4v) is 2.24. The quantitative estimate of drug-likeness (QED) is 0.666. The molecule has 2 rings (SSSR count). The molecule has 0 aliphatic rings. The molecule has 0 saturated heterocycles. The van der Waals surface area contributed by atoms with E-state index in [9.17, 15) is 15.2 Å². The van der Waals surface area contributed by atoms with Gasteiger partial charge < -0.3 is 15.2 Å². The van der Waals surface area contributed by atoms with Gasteiger partial charge in [-0.15, -0.1) is 0 Å². The summed E-state index contributed by atoms with van der Waals surface area (Å²) in [5, 5.41) is 21.6. The molecule has 0 atom stereocenters. The Kier molecular flexibility index (Phi) is 5.23. The molecule has 0 unspecified atom stereocenters. The SMILES string of the molecule is COc1cc(/C=C(/C#N)C(=O)Nc2ccc(C)cc2C)ccc1O. The minimum atomic E-state index is -0.489. The first-order valence-electron chi connectivity index (χ1n) is 7.32. The molecule has 5 nitrogen and oxygen atoms in total. The second-order valence-corrected chi connectivity index (χ2v) is 5.37. The highest BCUT2D eigenvalue weighted by atomic mass is 16.5. The van der Waals surface area contributed by atoms with Crippen molar-refractivity contribution < 1.29 is 14.6 Å². The summed E-state index contributed by atoms with van der Waals surface area (Å²) in [4.78, 5) is 12.3. The van der Waals surface area contributed by atoms with Crippen molar-refractivity contribution in [2.24, 2.45) is 0 Å². The molecule has 2 aromatic rings. The Bertz CT molecular complexity index is 848. The Morgan fingerprint density at radius 3 is 2.62 bits per heavy atom. The molecule has 0 aromatic heterocycles. The first kappa shape index (κ1) is 17.1. The molecule has 0 aliphatic carbocycles. The van der Waals surface area contributed by atoms with E-state index in [1.165, 1.54) is 19.3 Å². The summed E-state index contributed by atoms with van der Waals surface area (Å²) in [7, 11) is 1.43. The fraction of sp³-hybridized carbons (Fsp3) is 0.158. The molecule has 0 spiro atoms. The van der Waals surface area contributed by atoms with Gasteiger partial charge in [-0.3, -0.25) is 4.79 Å². The van der Waals surface area contributed by atoms with Crippen LogP contribution in [0.5, 0.6) is 11.5 Å². The molecule has 0 aliphatic heterocycles. The maximum atomic E-state index is 12.3. The van der Waals surface area contributed by atoms with Crippen molar-refractivity contribution in [2.45, 2.75) is 13.8 Å².